The number of rotatable bonds is 6. The van der Waals surface area contributed by atoms with Crippen LogP contribution >= 0.6 is 0 Å². The molecule has 0 aliphatic carbocycles. The van der Waals surface area contributed by atoms with Crippen molar-refractivity contribution in [2.45, 2.75) is 6.61 Å². The topological polar surface area (TPSA) is 57.9 Å². The minimum absolute atomic E-state index is 0.387. The Morgan fingerprint density at radius 3 is 2.52 bits per heavy atom. The maximum absolute atomic E-state index is 5.84. The van der Waals surface area contributed by atoms with E-state index in [9.17, 15) is 0 Å². The van der Waals surface area contributed by atoms with Gasteiger partial charge in [-0.2, -0.15) is 4.52 Å². The summed E-state index contributed by atoms with van der Waals surface area (Å²) >= 11 is 0. The fraction of sp³-hybridized carbons (Fsp3) is 0.143. The summed E-state index contributed by atoms with van der Waals surface area (Å²) in [6.45, 7) is 0.387. The highest BCUT2D eigenvalue weighted by Gasteiger charge is 2.16. The summed E-state index contributed by atoms with van der Waals surface area (Å²) in [5.74, 6) is 1.85. The molecule has 2 heterocycles. The molecule has 136 valence electrons. The van der Waals surface area contributed by atoms with Crippen molar-refractivity contribution in [2.24, 2.45) is 0 Å². The van der Waals surface area contributed by atoms with Gasteiger partial charge in [0.25, 0.3) is 0 Å². The van der Waals surface area contributed by atoms with Crippen LogP contribution in [0, 0.1) is 0 Å². The number of hydrogen-bond donors (Lipinski definition) is 0. The first kappa shape index (κ1) is 16.9. The van der Waals surface area contributed by atoms with Gasteiger partial charge in [-0.3, -0.25) is 0 Å². The lowest BCUT2D eigenvalue weighted by molar-refractivity contribution is 0.286. The molecule has 27 heavy (non-hydrogen) atoms. The molecule has 0 amide bonds. The number of fused-ring (bicyclic) bond motifs is 1. The van der Waals surface area contributed by atoms with E-state index in [2.05, 4.69) is 10.1 Å². The molecule has 2 aromatic heterocycles. The third kappa shape index (κ3) is 3.42. The van der Waals surface area contributed by atoms with E-state index in [1.807, 2.05) is 60.7 Å². The van der Waals surface area contributed by atoms with Crippen molar-refractivity contribution in [1.29, 1.82) is 0 Å². The third-order valence-corrected chi connectivity index (χ3v) is 4.17. The number of imidazole rings is 1. The van der Waals surface area contributed by atoms with Crippen LogP contribution in [0.4, 0.5) is 0 Å². The van der Waals surface area contributed by atoms with Crippen LogP contribution in [0.5, 0.6) is 17.5 Å². The van der Waals surface area contributed by atoms with Crippen molar-refractivity contribution in [1.82, 2.24) is 14.6 Å². The Labute approximate surface area is 157 Å². The van der Waals surface area contributed by atoms with E-state index < -0.39 is 0 Å². The fourth-order valence-corrected chi connectivity index (χ4v) is 2.86. The van der Waals surface area contributed by atoms with Crippen molar-refractivity contribution in [3.8, 4) is 28.8 Å². The van der Waals surface area contributed by atoms with E-state index in [4.69, 9.17) is 14.2 Å². The molecule has 6 heteroatoms. The molecule has 0 spiro atoms. The molecule has 0 saturated carbocycles. The van der Waals surface area contributed by atoms with Gasteiger partial charge in [-0.05, 0) is 23.8 Å². The molecule has 0 fully saturated rings. The summed E-state index contributed by atoms with van der Waals surface area (Å²) in [7, 11) is 3.26. The number of aromatic nitrogens is 3. The number of nitrogens with zero attached hydrogens (tertiary/aromatic N) is 3. The molecule has 0 aliphatic heterocycles. The van der Waals surface area contributed by atoms with Gasteiger partial charge in [0.15, 0.2) is 5.65 Å². The lowest BCUT2D eigenvalue weighted by Crippen LogP contribution is -2.02. The van der Waals surface area contributed by atoms with Crippen LogP contribution in [0.1, 0.15) is 5.56 Å². The van der Waals surface area contributed by atoms with Crippen molar-refractivity contribution >= 4 is 5.65 Å². The molecule has 4 aromatic rings. The van der Waals surface area contributed by atoms with E-state index >= 15 is 0 Å². The normalized spacial score (nSPS) is 10.7. The van der Waals surface area contributed by atoms with Crippen LogP contribution in [-0.2, 0) is 6.61 Å². The summed E-state index contributed by atoms with van der Waals surface area (Å²) in [5, 5.41) is 4.53. The van der Waals surface area contributed by atoms with Gasteiger partial charge in [0.2, 0.25) is 11.8 Å². The molecule has 0 atom stereocenters. The Hall–Kier alpha value is -3.54. The molecule has 4 rings (SSSR count). The zero-order chi connectivity index (χ0) is 18.6. The Morgan fingerprint density at radius 2 is 1.74 bits per heavy atom. The highest BCUT2D eigenvalue weighted by Crippen LogP contribution is 2.30. The maximum Gasteiger partial charge on any atom is 0.243 e. The molecule has 0 radical (unpaired) electrons. The van der Waals surface area contributed by atoms with Crippen molar-refractivity contribution < 1.29 is 14.2 Å². The van der Waals surface area contributed by atoms with Crippen LogP contribution in [0.2, 0.25) is 0 Å². The minimum Gasteiger partial charge on any atom is -0.497 e. The van der Waals surface area contributed by atoms with Crippen molar-refractivity contribution in [3.05, 3.63) is 72.3 Å². The summed E-state index contributed by atoms with van der Waals surface area (Å²) in [6.07, 6.45) is 0. The first-order valence-corrected chi connectivity index (χ1v) is 8.53. The summed E-state index contributed by atoms with van der Waals surface area (Å²) < 4.78 is 18.3. The van der Waals surface area contributed by atoms with Crippen molar-refractivity contribution in [2.75, 3.05) is 14.2 Å². The first-order chi connectivity index (χ1) is 13.3. The molecular formula is C21H19N3O3. The van der Waals surface area contributed by atoms with Gasteiger partial charge in [-0.25, -0.2) is 4.98 Å². The van der Waals surface area contributed by atoms with E-state index in [1.54, 1.807) is 24.8 Å². The Bertz CT molecular complexity index is 1060. The van der Waals surface area contributed by atoms with E-state index in [0.717, 1.165) is 22.6 Å². The summed E-state index contributed by atoms with van der Waals surface area (Å²) in [6, 6.07) is 21.3. The lowest BCUT2D eigenvalue weighted by Gasteiger charge is -2.08. The van der Waals surface area contributed by atoms with Gasteiger partial charge in [-0.15, -0.1) is 5.10 Å². The molecule has 0 unspecified atom stereocenters. The summed E-state index contributed by atoms with van der Waals surface area (Å²) in [5.41, 5.74) is 3.41. The zero-order valence-electron chi connectivity index (χ0n) is 15.1. The minimum atomic E-state index is 0.387. The molecule has 0 bridgehead atoms. The number of benzene rings is 2. The Morgan fingerprint density at radius 1 is 0.889 bits per heavy atom. The van der Waals surface area contributed by atoms with Crippen LogP contribution in [-0.4, -0.2) is 28.8 Å². The fourth-order valence-electron chi connectivity index (χ4n) is 2.86. The standard InChI is InChI=1S/C21H19N3O3/c1-25-17-10-6-7-15(13-17)14-27-19-12-11-18-22-20(16-8-4-3-5-9-16)21(26-2)24(18)23-19/h3-13H,14H2,1-2H3. The van der Waals surface area contributed by atoms with Crippen molar-refractivity contribution in [3.63, 3.8) is 0 Å². The van der Waals surface area contributed by atoms with Gasteiger partial charge in [0.1, 0.15) is 18.1 Å². The monoisotopic (exact) mass is 361 g/mol. The van der Waals surface area contributed by atoms with E-state index in [-0.39, 0.29) is 0 Å². The molecule has 6 nitrogen and oxygen atoms in total. The second-order valence-electron chi connectivity index (χ2n) is 5.92. The first-order valence-electron chi connectivity index (χ1n) is 8.53. The third-order valence-electron chi connectivity index (χ3n) is 4.17. The van der Waals surface area contributed by atoms with E-state index in [0.29, 0.717) is 24.0 Å². The zero-order valence-corrected chi connectivity index (χ0v) is 15.1. The number of ether oxygens (including phenoxy) is 3. The predicted molar refractivity (Wildman–Crippen MR) is 102 cm³/mol. The van der Waals surface area contributed by atoms with Crippen LogP contribution in [0.25, 0.3) is 16.9 Å². The van der Waals surface area contributed by atoms with Gasteiger partial charge >= 0.3 is 0 Å². The SMILES string of the molecule is COc1cccc(COc2ccc3nc(-c4ccccc4)c(OC)n3n2)c1. The molecule has 0 aliphatic rings. The molecule has 0 N–H and O–H groups in total. The molecule has 0 saturated heterocycles. The molecular weight excluding hydrogens is 342 g/mol. The summed E-state index contributed by atoms with van der Waals surface area (Å²) in [4.78, 5) is 4.64. The van der Waals surface area contributed by atoms with E-state index in [1.165, 1.54) is 0 Å². The van der Waals surface area contributed by atoms with Gasteiger partial charge in [-0.1, -0.05) is 42.5 Å². The highest BCUT2D eigenvalue weighted by atomic mass is 16.5. The highest BCUT2D eigenvalue weighted by molar-refractivity contribution is 5.69. The number of hydrogen-bond acceptors (Lipinski definition) is 5. The van der Waals surface area contributed by atoms with Crippen LogP contribution in [0.3, 0.4) is 0 Å². The maximum atomic E-state index is 5.84. The molecule has 2 aromatic carbocycles. The Kier molecular flexibility index (Phi) is 4.61. The Balaban J connectivity index is 1.63. The average molecular weight is 361 g/mol. The van der Waals surface area contributed by atoms with Gasteiger partial charge < -0.3 is 14.2 Å². The predicted octanol–water partition coefficient (Wildman–Crippen LogP) is 3.99. The van der Waals surface area contributed by atoms with Crippen LogP contribution < -0.4 is 14.2 Å². The second-order valence-corrected chi connectivity index (χ2v) is 5.92. The lowest BCUT2D eigenvalue weighted by atomic mass is 10.2. The van der Waals surface area contributed by atoms with Gasteiger partial charge in [0.05, 0.1) is 14.2 Å². The largest absolute Gasteiger partial charge is 0.497 e. The quantitative estimate of drug-likeness (QED) is 0.520. The van der Waals surface area contributed by atoms with Crippen LogP contribution in [0.15, 0.2) is 66.7 Å². The number of methoxy groups -OCH3 is 2. The average Bonchev–Trinajstić information content (AvgIpc) is 3.11. The second kappa shape index (κ2) is 7.37. The van der Waals surface area contributed by atoms with Gasteiger partial charge in [0, 0.05) is 11.6 Å². The smallest absolute Gasteiger partial charge is 0.243 e.